The Morgan fingerprint density at radius 1 is 1.09 bits per heavy atom. The topological polar surface area (TPSA) is 90.3 Å². The number of benzene rings is 3. The first-order valence-electron chi connectivity index (χ1n) is 14.7. The molecule has 1 atom stereocenters. The first-order valence-corrected chi connectivity index (χ1v) is 16.8. The molecule has 2 heterocycles. The fraction of sp³-hybridized carbons (Fsp3) is 0.303. The first kappa shape index (κ1) is 31.9. The summed E-state index contributed by atoms with van der Waals surface area (Å²) in [4.78, 5) is 18.7. The summed E-state index contributed by atoms with van der Waals surface area (Å²) in [5, 5.41) is 12.5. The number of carbonyl (C=O) groups excluding carboxylic acids is 1. The average molecular weight is 697 g/mol. The van der Waals surface area contributed by atoms with Crippen molar-refractivity contribution in [3.05, 3.63) is 98.6 Å². The number of unbranched alkanes of at least 4 members (excludes halogenated alkanes) is 2. The molecule has 0 aliphatic carbocycles. The van der Waals surface area contributed by atoms with Gasteiger partial charge in [-0.3, -0.25) is 4.79 Å². The maximum atomic E-state index is 13.9. The molecule has 8 nitrogen and oxygen atoms in total. The number of ether oxygens (including phenoxy) is 2. The van der Waals surface area contributed by atoms with E-state index in [0.29, 0.717) is 63.6 Å². The number of fused-ring (bicyclic) bond motifs is 1. The van der Waals surface area contributed by atoms with Gasteiger partial charge in [-0.2, -0.15) is 4.98 Å². The number of hydrogen-bond donors (Lipinski definition) is 2. The molecule has 2 N–H and O–H groups in total. The summed E-state index contributed by atoms with van der Waals surface area (Å²) in [5.74, 6) is 2.14. The zero-order valence-corrected chi connectivity index (χ0v) is 28.1. The van der Waals surface area contributed by atoms with Crippen LogP contribution in [0, 0.1) is 0 Å². The van der Waals surface area contributed by atoms with Crippen molar-refractivity contribution >= 4 is 56.8 Å². The monoisotopic (exact) mass is 695 g/mol. The number of nitrogens with one attached hydrogen (secondary N) is 2. The normalized spacial score (nSPS) is 14.2. The predicted octanol–water partition coefficient (Wildman–Crippen LogP) is 8.88. The van der Waals surface area contributed by atoms with Crippen molar-refractivity contribution in [3.63, 3.8) is 0 Å². The number of hydrogen-bond acceptors (Lipinski definition) is 7. The van der Waals surface area contributed by atoms with Gasteiger partial charge in [0.1, 0.15) is 6.04 Å². The molecule has 5 rings (SSSR count). The molecule has 4 aromatic rings. The highest BCUT2D eigenvalue weighted by Gasteiger charge is 2.35. The molecule has 1 aromatic heterocycles. The second-order valence-electron chi connectivity index (χ2n) is 10.2. The van der Waals surface area contributed by atoms with E-state index < -0.39 is 6.04 Å². The molecule has 11 heteroatoms. The lowest BCUT2D eigenvalue weighted by molar-refractivity contribution is -0.113. The molecule has 1 unspecified atom stereocenters. The molecule has 0 saturated carbocycles. The van der Waals surface area contributed by atoms with E-state index in [2.05, 4.69) is 33.5 Å². The standard InChI is InChI=1S/C33H35BrClN5O3S/c1-4-6-12-17-43-30-25(34)18-23(19-27(30)42-5-2)29-28(31(41)37-24-14-8-7-9-15-24)21(3)36-32-38-33(39-40(29)32)44-20-22-13-10-11-16-26(22)35/h7-11,13-16,18-19,29H,4-6,12,17,20H2,1-3H3,(H,37,41)(H,36,38,39). The van der Waals surface area contributed by atoms with Crippen LogP contribution in [-0.4, -0.2) is 33.9 Å². The van der Waals surface area contributed by atoms with Gasteiger partial charge in [0.05, 0.1) is 23.3 Å². The highest BCUT2D eigenvalue weighted by molar-refractivity contribution is 9.10. The molecule has 1 aliphatic rings. The van der Waals surface area contributed by atoms with Gasteiger partial charge in [-0.05, 0) is 77.7 Å². The van der Waals surface area contributed by atoms with E-state index in [4.69, 9.17) is 31.2 Å². The van der Waals surface area contributed by atoms with E-state index in [1.807, 2.05) is 80.6 Å². The minimum Gasteiger partial charge on any atom is -0.490 e. The van der Waals surface area contributed by atoms with Crippen molar-refractivity contribution in [1.82, 2.24) is 14.8 Å². The Kier molecular flexibility index (Phi) is 10.9. The average Bonchev–Trinajstić information content (AvgIpc) is 3.42. The Labute approximate surface area is 275 Å². The molecule has 230 valence electrons. The minimum absolute atomic E-state index is 0.244. The highest BCUT2D eigenvalue weighted by Crippen LogP contribution is 2.43. The number of rotatable bonds is 13. The lowest BCUT2D eigenvalue weighted by Gasteiger charge is -2.29. The quantitative estimate of drug-likeness (QED) is 0.107. The smallest absolute Gasteiger partial charge is 0.255 e. The van der Waals surface area contributed by atoms with Crippen LogP contribution in [0.4, 0.5) is 11.6 Å². The summed E-state index contributed by atoms with van der Waals surface area (Å²) in [7, 11) is 0. The summed E-state index contributed by atoms with van der Waals surface area (Å²) in [6.45, 7) is 7.02. The molecular weight excluding hydrogens is 662 g/mol. The fourth-order valence-electron chi connectivity index (χ4n) is 4.95. The lowest BCUT2D eigenvalue weighted by atomic mass is 9.94. The molecule has 0 bridgehead atoms. The molecule has 0 saturated heterocycles. The van der Waals surface area contributed by atoms with Crippen LogP contribution in [0.5, 0.6) is 11.5 Å². The van der Waals surface area contributed by atoms with E-state index in [0.717, 1.165) is 34.9 Å². The van der Waals surface area contributed by atoms with Gasteiger partial charge in [0, 0.05) is 22.2 Å². The van der Waals surface area contributed by atoms with Crippen molar-refractivity contribution in [1.29, 1.82) is 0 Å². The summed E-state index contributed by atoms with van der Waals surface area (Å²) in [6, 6.07) is 20.4. The maximum absolute atomic E-state index is 13.9. The molecule has 1 amide bonds. The van der Waals surface area contributed by atoms with E-state index >= 15 is 0 Å². The van der Waals surface area contributed by atoms with E-state index in [1.165, 1.54) is 11.8 Å². The third-order valence-corrected chi connectivity index (χ3v) is 8.91. The number of halogens is 2. The van der Waals surface area contributed by atoms with Gasteiger partial charge in [0.15, 0.2) is 11.5 Å². The fourth-order valence-corrected chi connectivity index (χ4v) is 6.64. The van der Waals surface area contributed by atoms with Gasteiger partial charge in [0.2, 0.25) is 11.1 Å². The Bertz CT molecular complexity index is 1650. The first-order chi connectivity index (χ1) is 21.4. The number of para-hydroxylation sites is 1. The number of nitrogens with zero attached hydrogens (tertiary/aromatic N) is 3. The Morgan fingerprint density at radius 2 is 1.86 bits per heavy atom. The number of carbonyl (C=O) groups is 1. The van der Waals surface area contributed by atoms with Crippen molar-refractivity contribution in [2.75, 3.05) is 23.8 Å². The van der Waals surface area contributed by atoms with E-state index in [1.54, 1.807) is 4.68 Å². The molecule has 3 aromatic carbocycles. The molecule has 0 radical (unpaired) electrons. The Balaban J connectivity index is 1.54. The van der Waals surface area contributed by atoms with E-state index in [9.17, 15) is 4.79 Å². The van der Waals surface area contributed by atoms with Gasteiger partial charge in [-0.25, -0.2) is 4.68 Å². The molecule has 44 heavy (non-hydrogen) atoms. The summed E-state index contributed by atoms with van der Waals surface area (Å²) in [5.41, 5.74) is 3.69. The second-order valence-corrected chi connectivity index (χ2v) is 12.5. The van der Waals surface area contributed by atoms with Crippen molar-refractivity contribution in [3.8, 4) is 11.5 Å². The Morgan fingerprint density at radius 3 is 2.61 bits per heavy atom. The van der Waals surface area contributed by atoms with Gasteiger partial charge in [-0.1, -0.05) is 79.5 Å². The Hall–Kier alpha value is -3.47. The minimum atomic E-state index is -0.596. The van der Waals surface area contributed by atoms with Crippen LogP contribution in [0.2, 0.25) is 5.02 Å². The predicted molar refractivity (Wildman–Crippen MR) is 181 cm³/mol. The summed E-state index contributed by atoms with van der Waals surface area (Å²) >= 11 is 11.6. The van der Waals surface area contributed by atoms with Crippen molar-refractivity contribution in [2.24, 2.45) is 0 Å². The van der Waals surface area contributed by atoms with Crippen molar-refractivity contribution < 1.29 is 14.3 Å². The SMILES string of the molecule is CCCCCOc1c(Br)cc(C2C(C(=O)Nc3ccccc3)=C(C)Nc3nc(SCc4ccccc4Cl)nn32)cc1OCC. The lowest BCUT2D eigenvalue weighted by Crippen LogP contribution is -2.31. The zero-order valence-electron chi connectivity index (χ0n) is 24.9. The molecule has 0 spiro atoms. The molecule has 1 aliphatic heterocycles. The van der Waals surface area contributed by atoms with Crippen LogP contribution in [0.25, 0.3) is 0 Å². The van der Waals surface area contributed by atoms with Gasteiger partial charge in [0.25, 0.3) is 5.91 Å². The van der Waals surface area contributed by atoms with Crippen LogP contribution in [0.1, 0.15) is 57.2 Å². The number of amides is 1. The van der Waals surface area contributed by atoms with Crippen LogP contribution in [0.15, 0.2) is 87.6 Å². The number of allylic oxidation sites excluding steroid dienone is 1. The van der Waals surface area contributed by atoms with Gasteiger partial charge < -0.3 is 20.1 Å². The van der Waals surface area contributed by atoms with Crippen LogP contribution in [0.3, 0.4) is 0 Å². The van der Waals surface area contributed by atoms with Crippen LogP contribution >= 0.6 is 39.3 Å². The zero-order chi connectivity index (χ0) is 31.1. The van der Waals surface area contributed by atoms with E-state index in [-0.39, 0.29) is 5.91 Å². The number of aromatic nitrogens is 3. The van der Waals surface area contributed by atoms with Gasteiger partial charge >= 0.3 is 0 Å². The van der Waals surface area contributed by atoms with Gasteiger partial charge in [-0.15, -0.1) is 5.10 Å². The molecule has 0 fully saturated rings. The summed E-state index contributed by atoms with van der Waals surface area (Å²) in [6.07, 6.45) is 3.15. The summed E-state index contributed by atoms with van der Waals surface area (Å²) < 4.78 is 14.7. The third kappa shape index (κ3) is 7.42. The molecular formula is C33H35BrClN5O3S. The highest BCUT2D eigenvalue weighted by atomic mass is 79.9. The van der Waals surface area contributed by atoms with Crippen molar-refractivity contribution in [2.45, 2.75) is 57.0 Å². The van der Waals surface area contributed by atoms with Crippen LogP contribution < -0.4 is 20.1 Å². The maximum Gasteiger partial charge on any atom is 0.255 e. The number of anilines is 2. The second kappa shape index (κ2) is 15.0. The third-order valence-electron chi connectivity index (χ3n) is 7.07. The van der Waals surface area contributed by atoms with Crippen LogP contribution in [-0.2, 0) is 10.5 Å². The number of thioether (sulfide) groups is 1. The largest absolute Gasteiger partial charge is 0.490 e.